The van der Waals surface area contributed by atoms with Crippen LogP contribution in [-0.4, -0.2) is 46.9 Å². The van der Waals surface area contributed by atoms with E-state index < -0.39 is 5.91 Å². The Kier molecular flexibility index (Phi) is 4.53. The summed E-state index contributed by atoms with van der Waals surface area (Å²) in [5.41, 5.74) is 8.59. The van der Waals surface area contributed by atoms with E-state index in [0.29, 0.717) is 18.7 Å². The first-order valence-corrected chi connectivity index (χ1v) is 8.21. The number of amides is 2. The molecule has 3 rings (SSSR count). The molecule has 0 saturated carbocycles. The predicted octanol–water partition coefficient (Wildman–Crippen LogP) is 0.667. The molecular weight excluding hydrogens is 306 g/mol. The topological polar surface area (TPSA) is 93.3 Å². The Hall–Kier alpha value is -2.41. The van der Waals surface area contributed by atoms with Crippen molar-refractivity contribution < 1.29 is 9.59 Å². The molecule has 0 spiro atoms. The maximum Gasteiger partial charge on any atom is 0.269 e. The normalized spacial score (nSPS) is 18.2. The van der Waals surface area contributed by atoms with Crippen molar-refractivity contribution in [3.8, 4) is 0 Å². The van der Waals surface area contributed by atoms with E-state index in [9.17, 15) is 9.59 Å². The molecule has 0 unspecified atom stereocenters. The Bertz CT molecular complexity index is 744. The van der Waals surface area contributed by atoms with Gasteiger partial charge in [-0.25, -0.2) is 4.98 Å². The summed E-state index contributed by atoms with van der Waals surface area (Å²) in [5, 5.41) is 2.65. The number of imidazole rings is 1. The van der Waals surface area contributed by atoms with Crippen molar-refractivity contribution in [1.82, 2.24) is 19.8 Å². The fourth-order valence-corrected chi connectivity index (χ4v) is 3.34. The van der Waals surface area contributed by atoms with Gasteiger partial charge in [0, 0.05) is 25.7 Å². The van der Waals surface area contributed by atoms with Crippen molar-refractivity contribution in [2.45, 2.75) is 32.4 Å². The molecule has 1 aromatic heterocycles. The minimum atomic E-state index is -0.488. The van der Waals surface area contributed by atoms with Crippen molar-refractivity contribution in [2.24, 2.45) is 5.73 Å². The Morgan fingerprint density at radius 2 is 2.04 bits per heavy atom. The second-order valence-corrected chi connectivity index (χ2v) is 6.30. The van der Waals surface area contributed by atoms with Gasteiger partial charge in [-0.15, -0.1) is 0 Å². The van der Waals surface area contributed by atoms with Crippen LogP contribution in [0.4, 0.5) is 0 Å². The molecule has 24 heavy (non-hydrogen) atoms. The molecule has 1 aliphatic carbocycles. The van der Waals surface area contributed by atoms with Gasteiger partial charge in [-0.1, -0.05) is 12.2 Å². The average Bonchev–Trinajstić information content (AvgIpc) is 2.82. The molecule has 0 radical (unpaired) electrons. The smallest absolute Gasteiger partial charge is 0.269 e. The standard InChI is InChI=1S/C17H23N5O2/c1-19-17(24)12-6-4-11(5-7-12)16-20-14(15(18)23)13-10-21(2)8-3-9-22(13)16/h4,6H,3,5,7-10H2,1-2H3,(H2,18,23)(H,19,24). The van der Waals surface area contributed by atoms with Gasteiger partial charge in [0.1, 0.15) is 5.82 Å². The van der Waals surface area contributed by atoms with E-state index in [-0.39, 0.29) is 5.91 Å². The van der Waals surface area contributed by atoms with Gasteiger partial charge in [0.05, 0.1) is 5.69 Å². The van der Waals surface area contributed by atoms with Gasteiger partial charge >= 0.3 is 0 Å². The molecule has 0 fully saturated rings. The SMILES string of the molecule is CNC(=O)C1=CC=C(c2nc(C(N)=O)c3n2CCCN(C)C3)CC1. The van der Waals surface area contributed by atoms with E-state index >= 15 is 0 Å². The number of likely N-dealkylation sites (N-methyl/N-ethyl adjacent to an activating group) is 1. The molecule has 2 aliphatic rings. The summed E-state index contributed by atoms with van der Waals surface area (Å²) in [4.78, 5) is 30.3. The number of fused-ring (bicyclic) bond motifs is 1. The number of nitrogens with zero attached hydrogens (tertiary/aromatic N) is 3. The van der Waals surface area contributed by atoms with Crippen LogP contribution in [0.1, 0.15) is 41.3 Å². The Balaban J connectivity index is 2.02. The van der Waals surface area contributed by atoms with E-state index in [1.807, 2.05) is 19.2 Å². The van der Waals surface area contributed by atoms with Crippen LogP contribution in [0.3, 0.4) is 0 Å². The summed E-state index contributed by atoms with van der Waals surface area (Å²) in [7, 11) is 3.66. The molecule has 0 atom stereocenters. The highest BCUT2D eigenvalue weighted by atomic mass is 16.2. The van der Waals surface area contributed by atoms with Crippen LogP contribution in [-0.2, 0) is 17.9 Å². The third-order valence-electron chi connectivity index (χ3n) is 4.60. The number of hydrogen-bond donors (Lipinski definition) is 2. The van der Waals surface area contributed by atoms with Crippen molar-refractivity contribution in [3.05, 3.63) is 34.9 Å². The van der Waals surface area contributed by atoms with Crippen LogP contribution in [0.5, 0.6) is 0 Å². The molecule has 1 aliphatic heterocycles. The first kappa shape index (κ1) is 16.4. The molecule has 0 aromatic carbocycles. The first-order chi connectivity index (χ1) is 11.5. The third kappa shape index (κ3) is 2.99. The minimum absolute atomic E-state index is 0.0494. The number of carbonyl (C=O) groups is 2. The molecule has 3 N–H and O–H groups in total. The van der Waals surface area contributed by atoms with Gasteiger partial charge in [-0.05, 0) is 38.4 Å². The van der Waals surface area contributed by atoms with Crippen LogP contribution in [0.15, 0.2) is 17.7 Å². The Labute approximate surface area is 141 Å². The number of nitrogens with one attached hydrogen (secondary N) is 1. The summed E-state index contributed by atoms with van der Waals surface area (Å²) < 4.78 is 2.12. The lowest BCUT2D eigenvalue weighted by Crippen LogP contribution is -2.21. The highest BCUT2D eigenvalue weighted by molar-refractivity contribution is 5.95. The molecule has 7 heteroatoms. The van der Waals surface area contributed by atoms with Crippen LogP contribution < -0.4 is 11.1 Å². The monoisotopic (exact) mass is 329 g/mol. The second-order valence-electron chi connectivity index (χ2n) is 6.30. The van der Waals surface area contributed by atoms with E-state index in [1.165, 1.54) is 0 Å². The zero-order chi connectivity index (χ0) is 17.3. The van der Waals surface area contributed by atoms with Crippen molar-refractivity contribution in [3.63, 3.8) is 0 Å². The van der Waals surface area contributed by atoms with Crippen LogP contribution >= 0.6 is 0 Å². The third-order valence-corrected chi connectivity index (χ3v) is 4.60. The molecule has 2 heterocycles. The van der Waals surface area contributed by atoms with Gasteiger partial charge in [0.2, 0.25) is 5.91 Å². The highest BCUT2D eigenvalue weighted by Gasteiger charge is 2.26. The number of nitrogens with two attached hydrogens (primary N) is 1. The lowest BCUT2D eigenvalue weighted by molar-refractivity contribution is -0.117. The lowest BCUT2D eigenvalue weighted by atomic mass is 9.97. The van der Waals surface area contributed by atoms with Crippen molar-refractivity contribution >= 4 is 17.4 Å². The number of carbonyl (C=O) groups excluding carboxylic acids is 2. The van der Waals surface area contributed by atoms with Gasteiger partial charge in [0.15, 0.2) is 5.69 Å². The molecule has 2 amide bonds. The molecule has 128 valence electrons. The summed E-state index contributed by atoms with van der Waals surface area (Å²) in [6.45, 7) is 2.45. The molecule has 0 saturated heterocycles. The Morgan fingerprint density at radius 1 is 1.25 bits per heavy atom. The maximum absolute atomic E-state index is 11.8. The zero-order valence-corrected chi connectivity index (χ0v) is 14.1. The number of aromatic nitrogens is 2. The maximum atomic E-state index is 11.8. The zero-order valence-electron chi connectivity index (χ0n) is 14.1. The van der Waals surface area contributed by atoms with Crippen molar-refractivity contribution in [2.75, 3.05) is 20.6 Å². The predicted molar refractivity (Wildman–Crippen MR) is 91.1 cm³/mol. The van der Waals surface area contributed by atoms with Gasteiger partial charge in [0.25, 0.3) is 5.91 Å². The van der Waals surface area contributed by atoms with E-state index in [0.717, 1.165) is 48.6 Å². The Morgan fingerprint density at radius 3 is 2.67 bits per heavy atom. The summed E-state index contributed by atoms with van der Waals surface area (Å²) in [6.07, 6.45) is 6.16. The summed E-state index contributed by atoms with van der Waals surface area (Å²) in [6, 6.07) is 0. The number of primary amides is 1. The highest BCUT2D eigenvalue weighted by Crippen LogP contribution is 2.29. The fraction of sp³-hybridized carbons (Fsp3) is 0.471. The number of hydrogen-bond acceptors (Lipinski definition) is 4. The van der Waals surface area contributed by atoms with E-state index in [1.54, 1.807) is 7.05 Å². The number of allylic oxidation sites excluding steroid dienone is 3. The average molecular weight is 329 g/mol. The molecule has 0 bridgehead atoms. The molecule has 7 nitrogen and oxygen atoms in total. The van der Waals surface area contributed by atoms with E-state index in [4.69, 9.17) is 5.73 Å². The first-order valence-electron chi connectivity index (χ1n) is 8.21. The fourth-order valence-electron chi connectivity index (χ4n) is 3.34. The van der Waals surface area contributed by atoms with Crippen LogP contribution in [0, 0.1) is 0 Å². The molecule has 1 aromatic rings. The van der Waals surface area contributed by atoms with Crippen molar-refractivity contribution in [1.29, 1.82) is 0 Å². The van der Waals surface area contributed by atoms with Crippen LogP contribution in [0.25, 0.3) is 5.57 Å². The van der Waals surface area contributed by atoms with Crippen LogP contribution in [0.2, 0.25) is 0 Å². The largest absolute Gasteiger partial charge is 0.364 e. The minimum Gasteiger partial charge on any atom is -0.364 e. The quantitative estimate of drug-likeness (QED) is 0.852. The van der Waals surface area contributed by atoms with Gasteiger partial charge < -0.3 is 20.5 Å². The van der Waals surface area contributed by atoms with E-state index in [2.05, 4.69) is 19.8 Å². The molecular formula is C17H23N5O2. The number of rotatable bonds is 3. The summed E-state index contributed by atoms with van der Waals surface area (Å²) >= 11 is 0. The second kappa shape index (κ2) is 6.60. The van der Waals surface area contributed by atoms with Gasteiger partial charge in [-0.2, -0.15) is 0 Å². The van der Waals surface area contributed by atoms with Gasteiger partial charge in [-0.3, -0.25) is 9.59 Å². The lowest BCUT2D eigenvalue weighted by Gasteiger charge is -2.15. The summed E-state index contributed by atoms with van der Waals surface area (Å²) in [5.74, 6) is 0.270.